The van der Waals surface area contributed by atoms with Crippen LogP contribution in [-0.4, -0.2) is 20.7 Å². The molecule has 0 aliphatic carbocycles. The molecule has 2 aromatic heterocycles. The summed E-state index contributed by atoms with van der Waals surface area (Å²) >= 11 is 3.31. The molecule has 0 spiro atoms. The van der Waals surface area contributed by atoms with Crippen LogP contribution in [0.3, 0.4) is 0 Å². The van der Waals surface area contributed by atoms with E-state index >= 15 is 0 Å². The maximum Gasteiger partial charge on any atom is 0.282 e. The van der Waals surface area contributed by atoms with Gasteiger partial charge < -0.3 is 4.90 Å². The summed E-state index contributed by atoms with van der Waals surface area (Å²) in [6.07, 6.45) is 6.62. The Morgan fingerprint density at radius 2 is 1.91 bits per heavy atom. The van der Waals surface area contributed by atoms with Crippen molar-refractivity contribution in [3.63, 3.8) is 0 Å². The zero-order valence-corrected chi connectivity index (χ0v) is 20.5. The lowest BCUT2D eigenvalue weighted by Crippen LogP contribution is -2.31. The Hall–Kier alpha value is -3.16. The van der Waals surface area contributed by atoms with Gasteiger partial charge in [0.25, 0.3) is 5.82 Å². The molecule has 5 aromatic rings. The fourth-order valence-electron chi connectivity index (χ4n) is 4.82. The number of hydrogen-bond acceptors (Lipinski definition) is 5. The molecule has 33 heavy (non-hydrogen) atoms. The molecule has 1 aliphatic heterocycles. The highest BCUT2D eigenvalue weighted by Gasteiger charge is 2.26. The van der Waals surface area contributed by atoms with Crippen LogP contribution in [0.1, 0.15) is 19.7 Å². The van der Waals surface area contributed by atoms with Crippen molar-refractivity contribution >= 4 is 67.1 Å². The van der Waals surface area contributed by atoms with Gasteiger partial charge >= 0.3 is 0 Å². The lowest BCUT2D eigenvalue weighted by molar-refractivity contribution is -0.647. The van der Waals surface area contributed by atoms with E-state index in [0.29, 0.717) is 0 Å². The molecule has 0 saturated heterocycles. The lowest BCUT2D eigenvalue weighted by atomic mass is 10.1. The Bertz CT molecular complexity index is 1590. The average molecular weight is 471 g/mol. The average Bonchev–Trinajstić information content (AvgIpc) is 3.53. The first-order valence-corrected chi connectivity index (χ1v) is 12.8. The highest BCUT2D eigenvalue weighted by Crippen LogP contribution is 2.49. The minimum absolute atomic E-state index is 0.893. The van der Waals surface area contributed by atoms with Gasteiger partial charge in [0.05, 0.1) is 29.0 Å². The summed E-state index contributed by atoms with van der Waals surface area (Å²) in [6.45, 7) is 6.23. The number of imidazole rings is 1. The van der Waals surface area contributed by atoms with Crippen LogP contribution in [-0.2, 0) is 13.6 Å². The van der Waals surface area contributed by atoms with Crippen molar-refractivity contribution in [2.45, 2.75) is 25.3 Å². The predicted octanol–water partition coefficient (Wildman–Crippen LogP) is 6.13. The molecule has 7 heteroatoms. The number of rotatable bonds is 4. The first-order chi connectivity index (χ1) is 16.2. The van der Waals surface area contributed by atoms with Crippen molar-refractivity contribution < 1.29 is 4.57 Å². The molecule has 5 nitrogen and oxygen atoms in total. The molecule has 0 amide bonds. The van der Waals surface area contributed by atoms with E-state index in [9.17, 15) is 0 Å². The topological polar surface area (TPSA) is 37.8 Å². The van der Waals surface area contributed by atoms with Crippen molar-refractivity contribution in [2.24, 2.45) is 7.05 Å². The van der Waals surface area contributed by atoms with E-state index in [1.165, 1.54) is 43.4 Å². The first-order valence-electron chi connectivity index (χ1n) is 11.2. The van der Waals surface area contributed by atoms with Gasteiger partial charge in [-0.05, 0) is 60.4 Å². The summed E-state index contributed by atoms with van der Waals surface area (Å²) in [5.74, 6) is 1.15. The smallest absolute Gasteiger partial charge is 0.282 e. The third-order valence-corrected chi connectivity index (χ3v) is 8.25. The number of hydrogen-bond donors (Lipinski definition) is 0. The van der Waals surface area contributed by atoms with E-state index in [0.717, 1.165) is 34.6 Å². The molecule has 0 bridgehead atoms. The van der Waals surface area contributed by atoms with E-state index in [1.54, 1.807) is 0 Å². The molecular weight excluding hydrogens is 446 g/mol. The van der Waals surface area contributed by atoms with Crippen molar-refractivity contribution in [3.8, 4) is 0 Å². The number of thioether (sulfide) groups is 1. The van der Waals surface area contributed by atoms with Crippen LogP contribution in [0.4, 0.5) is 5.69 Å². The van der Waals surface area contributed by atoms with Gasteiger partial charge in [-0.2, -0.15) is 0 Å². The third kappa shape index (κ3) is 3.10. The minimum atomic E-state index is 0.893. The maximum absolute atomic E-state index is 4.40. The van der Waals surface area contributed by atoms with Gasteiger partial charge in [0.15, 0.2) is 11.0 Å². The Kier molecular flexibility index (Phi) is 4.96. The zero-order chi connectivity index (χ0) is 22.5. The fraction of sp³-hybridized carbons (Fsp3) is 0.192. The molecule has 0 fully saturated rings. The Morgan fingerprint density at radius 1 is 1.03 bits per heavy atom. The quantitative estimate of drug-likeness (QED) is 0.296. The summed E-state index contributed by atoms with van der Waals surface area (Å²) in [5.41, 5.74) is 4.61. The maximum atomic E-state index is 4.40. The number of nitrogens with zero attached hydrogens (tertiary/aromatic N) is 5. The molecule has 164 valence electrons. The highest BCUT2D eigenvalue weighted by molar-refractivity contribution is 8.04. The van der Waals surface area contributed by atoms with Gasteiger partial charge in [-0.1, -0.05) is 52.7 Å². The number of allylic oxidation sites excluding steroid dienone is 2. The Labute approximate surface area is 200 Å². The summed E-state index contributed by atoms with van der Waals surface area (Å²) in [6, 6.07) is 17.4. The number of aromatic nitrogens is 4. The van der Waals surface area contributed by atoms with Crippen LogP contribution in [0, 0.1) is 0 Å². The van der Waals surface area contributed by atoms with Crippen LogP contribution < -0.4 is 9.47 Å². The highest BCUT2D eigenvalue weighted by atomic mass is 32.2. The summed E-state index contributed by atoms with van der Waals surface area (Å²) in [4.78, 5) is 3.75. The lowest BCUT2D eigenvalue weighted by Gasteiger charge is -2.17. The van der Waals surface area contributed by atoms with Gasteiger partial charge in [0.1, 0.15) is 0 Å². The van der Waals surface area contributed by atoms with Crippen LogP contribution in [0.25, 0.3) is 38.1 Å². The Balaban J connectivity index is 1.42. The second-order valence-corrected chi connectivity index (χ2v) is 9.88. The number of aryl methyl sites for hydroxylation is 2. The van der Waals surface area contributed by atoms with E-state index < -0.39 is 0 Å². The molecule has 3 heterocycles. The summed E-state index contributed by atoms with van der Waals surface area (Å²) < 4.78 is 9.86. The van der Waals surface area contributed by atoms with E-state index in [-0.39, 0.29) is 0 Å². The van der Waals surface area contributed by atoms with Crippen LogP contribution in [0.2, 0.25) is 0 Å². The molecule has 0 N–H and O–H groups in total. The van der Waals surface area contributed by atoms with E-state index in [2.05, 4.69) is 111 Å². The van der Waals surface area contributed by atoms with E-state index in [1.807, 2.05) is 11.8 Å². The van der Waals surface area contributed by atoms with Crippen molar-refractivity contribution in [2.75, 3.05) is 11.4 Å². The normalized spacial score (nSPS) is 15.1. The molecule has 3 aromatic carbocycles. The molecule has 0 radical (unpaired) electrons. The Morgan fingerprint density at radius 3 is 2.76 bits per heavy atom. The zero-order valence-electron chi connectivity index (χ0n) is 18.8. The summed E-state index contributed by atoms with van der Waals surface area (Å²) in [7, 11) is 2.12. The number of anilines is 1. The van der Waals surface area contributed by atoms with Gasteiger partial charge in [0.2, 0.25) is 5.52 Å². The van der Waals surface area contributed by atoms with Crippen LogP contribution in [0.15, 0.2) is 70.6 Å². The predicted molar refractivity (Wildman–Crippen MR) is 140 cm³/mol. The molecule has 6 rings (SSSR count). The van der Waals surface area contributed by atoms with Crippen LogP contribution in [0.5, 0.6) is 0 Å². The number of fused-ring (bicyclic) bond motifs is 6. The van der Waals surface area contributed by atoms with Gasteiger partial charge in [-0.3, -0.25) is 0 Å². The fourth-order valence-corrected chi connectivity index (χ4v) is 6.66. The summed E-state index contributed by atoms with van der Waals surface area (Å²) in [5, 5.41) is 8.27. The van der Waals surface area contributed by atoms with Crippen molar-refractivity contribution in [3.05, 3.63) is 71.5 Å². The molecule has 0 atom stereocenters. The SMILES string of the molecule is CCN1C(=CC=Cc2n(CC)c3ccc4snnc4c3[n+]2C)Sc2c1ccc1ccccc21. The standard InChI is InChI=1S/C26H24N5S2/c1-4-30-19-15-16-21-24(27-28-33-21)25(19)29(3)22(30)11-8-12-23-31(5-2)20-14-13-17-9-6-7-10-18(17)26(20)32-23/h6-16H,4-5H2,1-3H3/q+1. The van der Waals surface area contributed by atoms with Crippen LogP contribution >= 0.6 is 23.3 Å². The van der Waals surface area contributed by atoms with Crippen molar-refractivity contribution in [1.29, 1.82) is 0 Å². The molecule has 0 unspecified atom stereocenters. The van der Waals surface area contributed by atoms with Crippen molar-refractivity contribution in [1.82, 2.24) is 14.2 Å². The van der Waals surface area contributed by atoms with Gasteiger partial charge in [0, 0.05) is 17.5 Å². The minimum Gasteiger partial charge on any atom is -0.335 e. The molecular formula is C26H24N5S2+. The molecule has 1 aliphatic rings. The third-order valence-electron chi connectivity index (χ3n) is 6.36. The second-order valence-electron chi connectivity index (χ2n) is 8.06. The van der Waals surface area contributed by atoms with Gasteiger partial charge in [-0.25, -0.2) is 9.13 Å². The number of benzene rings is 3. The monoisotopic (exact) mass is 470 g/mol. The first kappa shape index (κ1) is 20.4. The van der Waals surface area contributed by atoms with E-state index in [4.69, 9.17) is 0 Å². The second kappa shape index (κ2) is 8.01. The van der Waals surface area contributed by atoms with Gasteiger partial charge in [-0.15, -0.1) is 5.10 Å². The molecule has 0 saturated carbocycles. The largest absolute Gasteiger partial charge is 0.335 e.